The molecule has 2 heterocycles. The molecule has 0 radical (unpaired) electrons. The summed E-state index contributed by atoms with van der Waals surface area (Å²) in [4.78, 5) is 13.1. The van der Waals surface area contributed by atoms with Crippen LogP contribution in [-0.4, -0.2) is 15.0 Å². The van der Waals surface area contributed by atoms with Gasteiger partial charge in [0.2, 0.25) is 0 Å². The molecule has 0 spiro atoms. The molecule has 2 N–H and O–H groups in total. The number of nitrogen functional groups attached to an aromatic ring is 1. The van der Waals surface area contributed by atoms with E-state index >= 15 is 0 Å². The van der Waals surface area contributed by atoms with E-state index in [9.17, 15) is 0 Å². The average Bonchev–Trinajstić information content (AvgIpc) is 2.33. The van der Waals surface area contributed by atoms with Gasteiger partial charge in [0.15, 0.2) is 5.82 Å². The molecule has 0 aliphatic rings. The van der Waals surface area contributed by atoms with Gasteiger partial charge in [0, 0.05) is 17.5 Å². The molecule has 0 saturated heterocycles. The van der Waals surface area contributed by atoms with Gasteiger partial charge in [0.05, 0.1) is 10.2 Å². The van der Waals surface area contributed by atoms with Crippen molar-refractivity contribution in [1.82, 2.24) is 15.0 Å². The molecule has 0 amide bonds. The van der Waals surface area contributed by atoms with Crippen molar-refractivity contribution >= 4 is 21.7 Å². The second-order valence-corrected chi connectivity index (χ2v) is 5.27. The first-order valence-corrected chi connectivity index (χ1v) is 6.54. The number of halogens is 1. The van der Waals surface area contributed by atoms with E-state index in [-0.39, 0.29) is 5.92 Å². The first-order chi connectivity index (χ1) is 8.49. The molecule has 0 atom stereocenters. The van der Waals surface area contributed by atoms with Gasteiger partial charge in [-0.3, -0.25) is 4.98 Å². The van der Waals surface area contributed by atoms with E-state index in [0.29, 0.717) is 11.6 Å². The maximum absolute atomic E-state index is 5.91. The Balaban J connectivity index is 2.55. The third-order valence-electron chi connectivity index (χ3n) is 2.62. The molecular formula is C13H15BrN4. The van der Waals surface area contributed by atoms with E-state index in [0.717, 1.165) is 21.4 Å². The summed E-state index contributed by atoms with van der Waals surface area (Å²) in [5.41, 5.74) is 8.67. The summed E-state index contributed by atoms with van der Waals surface area (Å²) >= 11 is 3.43. The number of hydrogen-bond donors (Lipinski definition) is 1. The maximum atomic E-state index is 5.91. The number of hydrogen-bond acceptors (Lipinski definition) is 4. The van der Waals surface area contributed by atoms with Crippen LogP contribution in [-0.2, 0) is 0 Å². The number of pyridine rings is 1. The van der Waals surface area contributed by atoms with Crippen molar-refractivity contribution in [3.8, 4) is 11.4 Å². The van der Waals surface area contributed by atoms with Gasteiger partial charge in [-0.15, -0.1) is 0 Å². The summed E-state index contributed by atoms with van der Waals surface area (Å²) in [6, 6.07) is 3.89. The molecule has 4 nitrogen and oxygen atoms in total. The van der Waals surface area contributed by atoms with E-state index in [1.807, 2.05) is 19.1 Å². The minimum atomic E-state index is 0.279. The molecule has 2 aromatic rings. The summed E-state index contributed by atoms with van der Waals surface area (Å²) in [7, 11) is 0. The van der Waals surface area contributed by atoms with Crippen molar-refractivity contribution in [2.75, 3.05) is 5.73 Å². The van der Waals surface area contributed by atoms with Crippen molar-refractivity contribution in [2.45, 2.75) is 26.7 Å². The van der Waals surface area contributed by atoms with E-state index in [4.69, 9.17) is 5.73 Å². The molecule has 0 bridgehead atoms. The van der Waals surface area contributed by atoms with E-state index in [1.165, 1.54) is 0 Å². The number of nitrogens with zero attached hydrogens (tertiary/aromatic N) is 3. The SMILES string of the molecule is Cc1ccc(-c2nc(N)c(Br)c(C(C)C)n2)cn1. The van der Waals surface area contributed by atoms with Gasteiger partial charge in [0.1, 0.15) is 5.82 Å². The highest BCUT2D eigenvalue weighted by atomic mass is 79.9. The van der Waals surface area contributed by atoms with Crippen LogP contribution < -0.4 is 5.73 Å². The Hall–Kier alpha value is -1.49. The van der Waals surface area contributed by atoms with Crippen molar-refractivity contribution in [1.29, 1.82) is 0 Å². The highest BCUT2D eigenvalue weighted by Gasteiger charge is 2.14. The first kappa shape index (κ1) is 13.0. The lowest BCUT2D eigenvalue weighted by molar-refractivity contribution is 0.811. The van der Waals surface area contributed by atoms with Crippen molar-refractivity contribution in [3.63, 3.8) is 0 Å². The molecule has 18 heavy (non-hydrogen) atoms. The molecular weight excluding hydrogens is 292 g/mol. The van der Waals surface area contributed by atoms with Gasteiger partial charge in [0.25, 0.3) is 0 Å². The van der Waals surface area contributed by atoms with Crippen LogP contribution >= 0.6 is 15.9 Å². The van der Waals surface area contributed by atoms with Crippen LogP contribution in [0, 0.1) is 6.92 Å². The quantitative estimate of drug-likeness (QED) is 0.924. The molecule has 0 unspecified atom stereocenters. The third kappa shape index (κ3) is 2.51. The molecule has 0 aliphatic carbocycles. The van der Waals surface area contributed by atoms with E-state index < -0.39 is 0 Å². The Bertz CT molecular complexity index is 564. The van der Waals surface area contributed by atoms with Crippen molar-refractivity contribution in [2.24, 2.45) is 0 Å². The summed E-state index contributed by atoms with van der Waals surface area (Å²) < 4.78 is 0.779. The summed E-state index contributed by atoms with van der Waals surface area (Å²) in [6.45, 7) is 6.09. The third-order valence-corrected chi connectivity index (χ3v) is 3.43. The van der Waals surface area contributed by atoms with Gasteiger partial charge >= 0.3 is 0 Å². The Morgan fingerprint density at radius 3 is 2.50 bits per heavy atom. The van der Waals surface area contributed by atoms with Gasteiger partial charge in [-0.05, 0) is 40.9 Å². The Morgan fingerprint density at radius 1 is 1.22 bits per heavy atom. The van der Waals surface area contributed by atoms with Crippen molar-refractivity contribution in [3.05, 3.63) is 34.2 Å². The lowest BCUT2D eigenvalue weighted by Crippen LogP contribution is -2.04. The fourth-order valence-corrected chi connectivity index (χ4v) is 2.23. The van der Waals surface area contributed by atoms with Gasteiger partial charge in [-0.1, -0.05) is 13.8 Å². The molecule has 94 valence electrons. The Labute approximate surface area is 115 Å². The monoisotopic (exact) mass is 306 g/mol. The topological polar surface area (TPSA) is 64.7 Å². The molecule has 5 heteroatoms. The molecule has 2 aromatic heterocycles. The second-order valence-electron chi connectivity index (χ2n) is 4.47. The van der Waals surface area contributed by atoms with Crippen LogP contribution in [0.4, 0.5) is 5.82 Å². The molecule has 0 aliphatic heterocycles. The van der Waals surface area contributed by atoms with Gasteiger partial charge in [-0.2, -0.15) is 0 Å². The number of aryl methyl sites for hydroxylation is 1. The van der Waals surface area contributed by atoms with Crippen LogP contribution in [0.25, 0.3) is 11.4 Å². The fraction of sp³-hybridized carbons (Fsp3) is 0.308. The number of rotatable bonds is 2. The van der Waals surface area contributed by atoms with Crippen LogP contribution in [0.3, 0.4) is 0 Å². The smallest absolute Gasteiger partial charge is 0.163 e. The molecule has 0 saturated carbocycles. The second kappa shape index (κ2) is 5.02. The van der Waals surface area contributed by atoms with Crippen molar-refractivity contribution < 1.29 is 0 Å². The van der Waals surface area contributed by atoms with Crippen LogP contribution in [0.15, 0.2) is 22.8 Å². The predicted octanol–water partition coefficient (Wildman–Crippen LogP) is 3.32. The molecule has 0 fully saturated rings. The zero-order valence-electron chi connectivity index (χ0n) is 10.6. The predicted molar refractivity (Wildman–Crippen MR) is 76.2 cm³/mol. The fourth-order valence-electron chi connectivity index (χ4n) is 1.59. The zero-order chi connectivity index (χ0) is 13.3. The molecule has 0 aromatic carbocycles. The number of nitrogens with two attached hydrogens (primary N) is 1. The average molecular weight is 307 g/mol. The largest absolute Gasteiger partial charge is 0.383 e. The Kier molecular flexibility index (Phi) is 3.61. The highest BCUT2D eigenvalue weighted by molar-refractivity contribution is 9.10. The minimum absolute atomic E-state index is 0.279. The molecule has 2 rings (SSSR count). The van der Waals surface area contributed by atoms with Crippen LogP contribution in [0.1, 0.15) is 31.2 Å². The minimum Gasteiger partial charge on any atom is -0.383 e. The highest BCUT2D eigenvalue weighted by Crippen LogP contribution is 2.29. The standard InChI is InChI=1S/C13H15BrN4/c1-7(2)11-10(14)12(15)18-13(17-11)9-5-4-8(3)16-6-9/h4-7H,1-3H3,(H2,15,17,18). The maximum Gasteiger partial charge on any atom is 0.163 e. The zero-order valence-corrected chi connectivity index (χ0v) is 12.2. The van der Waals surface area contributed by atoms with E-state index in [2.05, 4.69) is 44.7 Å². The Morgan fingerprint density at radius 2 is 1.94 bits per heavy atom. The van der Waals surface area contributed by atoms with Crippen LogP contribution in [0.2, 0.25) is 0 Å². The summed E-state index contributed by atoms with van der Waals surface area (Å²) in [5, 5.41) is 0. The van der Waals surface area contributed by atoms with Gasteiger partial charge < -0.3 is 5.73 Å². The number of anilines is 1. The van der Waals surface area contributed by atoms with E-state index in [1.54, 1.807) is 6.20 Å². The summed E-state index contributed by atoms with van der Waals surface area (Å²) in [5.74, 6) is 1.36. The normalized spacial score (nSPS) is 10.9. The first-order valence-electron chi connectivity index (χ1n) is 5.75. The summed E-state index contributed by atoms with van der Waals surface area (Å²) in [6.07, 6.45) is 1.77. The van der Waals surface area contributed by atoms with Crippen LogP contribution in [0.5, 0.6) is 0 Å². The van der Waals surface area contributed by atoms with Gasteiger partial charge in [-0.25, -0.2) is 9.97 Å². The lowest BCUT2D eigenvalue weighted by Gasteiger charge is -2.11. The lowest BCUT2D eigenvalue weighted by atomic mass is 10.1. The number of aromatic nitrogens is 3.